The number of furan rings is 1. The van der Waals surface area contributed by atoms with Gasteiger partial charge in [0.25, 0.3) is 0 Å². The zero-order valence-corrected chi connectivity index (χ0v) is 12.8. The minimum atomic E-state index is 0.556. The van der Waals surface area contributed by atoms with E-state index in [1.165, 1.54) is 0 Å². The lowest BCUT2D eigenvalue weighted by Crippen LogP contribution is -2.01. The summed E-state index contributed by atoms with van der Waals surface area (Å²) in [5.74, 6) is 1.66. The van der Waals surface area contributed by atoms with Gasteiger partial charge >= 0.3 is 0 Å². The van der Waals surface area contributed by atoms with E-state index in [1.54, 1.807) is 6.26 Å². The fraction of sp³-hybridized carbons (Fsp3) is 0.125. The molecule has 3 heterocycles. The number of aromatic amines is 1. The molecule has 110 valence electrons. The molecule has 0 spiro atoms. The van der Waals surface area contributed by atoms with E-state index in [4.69, 9.17) is 16.6 Å². The first-order chi connectivity index (χ1) is 10.7. The monoisotopic (exact) mass is 310 g/mol. The number of rotatable bonds is 3. The maximum Gasteiger partial charge on any atom is 0.195 e. The molecule has 0 amide bonds. The van der Waals surface area contributed by atoms with E-state index in [0.29, 0.717) is 11.3 Å². The van der Waals surface area contributed by atoms with Gasteiger partial charge in [0, 0.05) is 29.7 Å². The van der Waals surface area contributed by atoms with Gasteiger partial charge in [-0.25, -0.2) is 0 Å². The van der Waals surface area contributed by atoms with Gasteiger partial charge in [-0.1, -0.05) is 18.2 Å². The SMILES string of the molecule is Cn1cc(-c2n[nH]c(=S)n2Cc2ccco2)c2ccccc21. The Morgan fingerprint density at radius 3 is 2.91 bits per heavy atom. The smallest absolute Gasteiger partial charge is 0.195 e. The third kappa shape index (κ3) is 2.00. The Bertz CT molecular complexity index is 991. The standard InChI is InChI=1S/C16H14N4OS/c1-19-10-13(12-6-2-3-7-14(12)19)15-17-18-16(22)20(15)9-11-5-4-8-21-11/h2-8,10H,9H2,1H3,(H,18,22). The molecule has 0 aliphatic rings. The molecule has 0 saturated heterocycles. The van der Waals surface area contributed by atoms with Crippen molar-refractivity contribution in [3.8, 4) is 11.4 Å². The molecule has 0 fully saturated rings. The van der Waals surface area contributed by atoms with Crippen LogP contribution in [0.1, 0.15) is 5.76 Å². The lowest BCUT2D eigenvalue weighted by molar-refractivity contribution is 0.493. The van der Waals surface area contributed by atoms with Crippen molar-refractivity contribution in [1.29, 1.82) is 0 Å². The van der Waals surface area contributed by atoms with Crippen LogP contribution < -0.4 is 0 Å². The average molecular weight is 310 g/mol. The molecule has 0 unspecified atom stereocenters. The fourth-order valence-electron chi connectivity index (χ4n) is 2.75. The van der Waals surface area contributed by atoms with E-state index in [2.05, 4.69) is 33.1 Å². The Kier molecular flexibility index (Phi) is 2.97. The molecule has 0 aliphatic carbocycles. The second kappa shape index (κ2) is 4.99. The normalized spacial score (nSPS) is 11.3. The second-order valence-electron chi connectivity index (χ2n) is 5.19. The number of nitrogens with zero attached hydrogens (tertiary/aromatic N) is 3. The van der Waals surface area contributed by atoms with Crippen molar-refractivity contribution < 1.29 is 4.42 Å². The molecule has 0 aliphatic heterocycles. The van der Waals surface area contributed by atoms with Crippen LogP contribution in [0.3, 0.4) is 0 Å². The Balaban J connectivity index is 1.91. The van der Waals surface area contributed by atoms with Crippen LogP contribution in [-0.2, 0) is 13.6 Å². The summed E-state index contributed by atoms with van der Waals surface area (Å²) in [5.41, 5.74) is 2.22. The van der Waals surface area contributed by atoms with Crippen molar-refractivity contribution >= 4 is 23.1 Å². The molecule has 1 N–H and O–H groups in total. The number of aryl methyl sites for hydroxylation is 1. The zero-order valence-electron chi connectivity index (χ0n) is 12.0. The van der Waals surface area contributed by atoms with Crippen LogP contribution in [-0.4, -0.2) is 19.3 Å². The summed E-state index contributed by atoms with van der Waals surface area (Å²) in [5, 5.41) is 8.46. The number of H-pyrrole nitrogens is 1. The van der Waals surface area contributed by atoms with Crippen molar-refractivity contribution in [2.75, 3.05) is 0 Å². The quantitative estimate of drug-likeness (QED) is 0.586. The molecule has 0 radical (unpaired) electrons. The summed E-state index contributed by atoms with van der Waals surface area (Å²) < 4.78 is 10.1. The lowest BCUT2D eigenvalue weighted by Gasteiger charge is -2.04. The highest BCUT2D eigenvalue weighted by Crippen LogP contribution is 2.29. The fourth-order valence-corrected chi connectivity index (χ4v) is 2.94. The molecule has 22 heavy (non-hydrogen) atoms. The summed E-state index contributed by atoms with van der Waals surface area (Å²) in [6.45, 7) is 0.556. The Morgan fingerprint density at radius 2 is 2.09 bits per heavy atom. The summed E-state index contributed by atoms with van der Waals surface area (Å²) in [7, 11) is 2.03. The highest BCUT2D eigenvalue weighted by molar-refractivity contribution is 7.71. The van der Waals surface area contributed by atoms with Gasteiger partial charge in [0.05, 0.1) is 12.8 Å². The van der Waals surface area contributed by atoms with E-state index in [1.807, 2.05) is 35.9 Å². The first-order valence-corrected chi connectivity index (χ1v) is 7.37. The molecule has 1 aromatic carbocycles. The highest BCUT2D eigenvalue weighted by atomic mass is 32.1. The first-order valence-electron chi connectivity index (χ1n) is 6.96. The molecule has 4 rings (SSSR count). The van der Waals surface area contributed by atoms with Gasteiger partial charge in [-0.15, -0.1) is 0 Å². The van der Waals surface area contributed by atoms with Crippen molar-refractivity contribution in [1.82, 2.24) is 19.3 Å². The molecular weight excluding hydrogens is 296 g/mol. The third-order valence-electron chi connectivity index (χ3n) is 3.79. The maximum absolute atomic E-state index is 5.43. The Morgan fingerprint density at radius 1 is 1.23 bits per heavy atom. The van der Waals surface area contributed by atoms with Crippen LogP contribution in [0.4, 0.5) is 0 Å². The van der Waals surface area contributed by atoms with Crippen LogP contribution in [0.2, 0.25) is 0 Å². The zero-order chi connectivity index (χ0) is 15.1. The van der Waals surface area contributed by atoms with Gasteiger partial charge in [-0.3, -0.25) is 9.67 Å². The van der Waals surface area contributed by atoms with Crippen LogP contribution in [0.5, 0.6) is 0 Å². The van der Waals surface area contributed by atoms with Gasteiger partial charge < -0.3 is 8.98 Å². The van der Waals surface area contributed by atoms with Gasteiger partial charge in [-0.2, -0.15) is 5.10 Å². The summed E-state index contributed by atoms with van der Waals surface area (Å²) in [6, 6.07) is 12.1. The van der Waals surface area contributed by atoms with Crippen LogP contribution in [0, 0.1) is 4.77 Å². The Hall–Kier alpha value is -2.60. The molecule has 0 saturated carbocycles. The minimum Gasteiger partial charge on any atom is -0.467 e. The Labute approximate surface area is 131 Å². The van der Waals surface area contributed by atoms with E-state index >= 15 is 0 Å². The number of para-hydroxylation sites is 1. The predicted molar refractivity (Wildman–Crippen MR) is 87.1 cm³/mol. The number of benzene rings is 1. The third-order valence-corrected chi connectivity index (χ3v) is 4.10. The molecular formula is C16H14N4OS. The summed E-state index contributed by atoms with van der Waals surface area (Å²) in [6.07, 6.45) is 3.74. The topological polar surface area (TPSA) is 51.7 Å². The van der Waals surface area contributed by atoms with Crippen LogP contribution >= 0.6 is 12.2 Å². The van der Waals surface area contributed by atoms with Crippen molar-refractivity contribution in [3.63, 3.8) is 0 Å². The summed E-state index contributed by atoms with van der Waals surface area (Å²) in [4.78, 5) is 0. The molecule has 5 nitrogen and oxygen atoms in total. The van der Waals surface area contributed by atoms with Crippen molar-refractivity contribution in [2.45, 2.75) is 6.54 Å². The maximum atomic E-state index is 5.43. The van der Waals surface area contributed by atoms with E-state index in [0.717, 1.165) is 28.1 Å². The molecule has 3 aromatic heterocycles. The second-order valence-corrected chi connectivity index (χ2v) is 5.58. The molecule has 0 atom stereocenters. The molecule has 0 bridgehead atoms. The number of nitrogens with one attached hydrogen (secondary N) is 1. The number of fused-ring (bicyclic) bond motifs is 1. The lowest BCUT2D eigenvalue weighted by atomic mass is 10.1. The number of hydrogen-bond acceptors (Lipinski definition) is 3. The van der Waals surface area contributed by atoms with Gasteiger partial charge in [-0.05, 0) is 30.4 Å². The van der Waals surface area contributed by atoms with Crippen LogP contribution in [0.25, 0.3) is 22.3 Å². The molecule has 4 aromatic rings. The minimum absolute atomic E-state index is 0.556. The number of hydrogen-bond donors (Lipinski definition) is 1. The predicted octanol–water partition coefficient (Wildman–Crippen LogP) is 3.74. The summed E-state index contributed by atoms with van der Waals surface area (Å²) >= 11 is 5.37. The average Bonchev–Trinajstić information content (AvgIpc) is 3.23. The van der Waals surface area contributed by atoms with Gasteiger partial charge in [0.1, 0.15) is 5.76 Å². The van der Waals surface area contributed by atoms with Crippen molar-refractivity contribution in [2.24, 2.45) is 7.05 Å². The van der Waals surface area contributed by atoms with Gasteiger partial charge in [0.2, 0.25) is 0 Å². The molecule has 6 heteroatoms. The first kappa shape index (κ1) is 13.1. The van der Waals surface area contributed by atoms with Crippen LogP contribution in [0.15, 0.2) is 53.3 Å². The highest BCUT2D eigenvalue weighted by Gasteiger charge is 2.15. The number of aromatic nitrogens is 4. The van der Waals surface area contributed by atoms with E-state index in [9.17, 15) is 0 Å². The van der Waals surface area contributed by atoms with Crippen molar-refractivity contribution in [3.05, 3.63) is 59.4 Å². The largest absolute Gasteiger partial charge is 0.467 e. The van der Waals surface area contributed by atoms with E-state index in [-0.39, 0.29) is 0 Å². The van der Waals surface area contributed by atoms with E-state index < -0.39 is 0 Å². The van der Waals surface area contributed by atoms with Gasteiger partial charge in [0.15, 0.2) is 10.6 Å².